The van der Waals surface area contributed by atoms with Crippen molar-refractivity contribution in [3.63, 3.8) is 0 Å². The molecule has 0 N–H and O–H groups in total. The standard InChI is InChI=1S/C12H14O/c1-3-5-10-13-12-8-6-11(4-2)7-9-12/h3-4,6-9H,1-2,5,10H2. The smallest absolute Gasteiger partial charge is 0.119 e. The summed E-state index contributed by atoms with van der Waals surface area (Å²) in [5.41, 5.74) is 1.11. The van der Waals surface area contributed by atoms with Crippen LogP contribution in [0.2, 0.25) is 0 Å². The fourth-order valence-corrected chi connectivity index (χ4v) is 0.960. The number of benzene rings is 1. The van der Waals surface area contributed by atoms with Gasteiger partial charge in [-0.25, -0.2) is 0 Å². The maximum atomic E-state index is 5.44. The van der Waals surface area contributed by atoms with E-state index in [0.717, 1.165) is 17.7 Å². The average Bonchev–Trinajstić information content (AvgIpc) is 2.19. The Bertz CT molecular complexity index is 272. The van der Waals surface area contributed by atoms with Gasteiger partial charge in [-0.2, -0.15) is 0 Å². The summed E-state index contributed by atoms with van der Waals surface area (Å²) < 4.78 is 5.44. The summed E-state index contributed by atoms with van der Waals surface area (Å²) in [5.74, 6) is 0.896. The Morgan fingerprint density at radius 1 is 1.15 bits per heavy atom. The van der Waals surface area contributed by atoms with Crippen molar-refractivity contribution in [3.8, 4) is 5.75 Å². The molecule has 1 nitrogen and oxygen atoms in total. The topological polar surface area (TPSA) is 9.23 Å². The van der Waals surface area contributed by atoms with Gasteiger partial charge in [0, 0.05) is 0 Å². The summed E-state index contributed by atoms with van der Waals surface area (Å²) in [7, 11) is 0. The summed E-state index contributed by atoms with van der Waals surface area (Å²) in [5, 5.41) is 0. The molecule has 0 bridgehead atoms. The second-order valence-electron chi connectivity index (χ2n) is 2.70. The fraction of sp³-hybridized carbons (Fsp3) is 0.167. The minimum atomic E-state index is 0.691. The van der Waals surface area contributed by atoms with Gasteiger partial charge in [0.2, 0.25) is 0 Å². The van der Waals surface area contributed by atoms with Gasteiger partial charge in [-0.3, -0.25) is 0 Å². The third-order valence-electron chi connectivity index (χ3n) is 1.71. The van der Waals surface area contributed by atoms with E-state index in [2.05, 4.69) is 13.2 Å². The highest BCUT2D eigenvalue weighted by Gasteiger charge is 1.91. The Balaban J connectivity index is 2.48. The Hall–Kier alpha value is -1.50. The van der Waals surface area contributed by atoms with Gasteiger partial charge in [-0.15, -0.1) is 6.58 Å². The molecule has 0 unspecified atom stereocenters. The van der Waals surface area contributed by atoms with Crippen LogP contribution >= 0.6 is 0 Å². The zero-order chi connectivity index (χ0) is 9.52. The van der Waals surface area contributed by atoms with Crippen LogP contribution in [0.5, 0.6) is 5.75 Å². The van der Waals surface area contributed by atoms with Crippen molar-refractivity contribution >= 4 is 6.08 Å². The van der Waals surface area contributed by atoms with Gasteiger partial charge in [-0.05, 0) is 24.1 Å². The van der Waals surface area contributed by atoms with E-state index in [-0.39, 0.29) is 0 Å². The summed E-state index contributed by atoms with van der Waals surface area (Å²) >= 11 is 0. The second-order valence-corrected chi connectivity index (χ2v) is 2.70. The maximum absolute atomic E-state index is 5.44. The van der Waals surface area contributed by atoms with Gasteiger partial charge in [0.05, 0.1) is 6.61 Å². The second kappa shape index (κ2) is 5.20. The molecule has 0 aliphatic rings. The molecule has 0 aliphatic heterocycles. The molecule has 0 radical (unpaired) electrons. The molecule has 0 aliphatic carbocycles. The van der Waals surface area contributed by atoms with Crippen LogP contribution in [-0.4, -0.2) is 6.61 Å². The van der Waals surface area contributed by atoms with Crippen LogP contribution < -0.4 is 4.74 Å². The van der Waals surface area contributed by atoms with Gasteiger partial charge < -0.3 is 4.74 Å². The number of rotatable bonds is 5. The summed E-state index contributed by atoms with van der Waals surface area (Å²) in [6.07, 6.45) is 4.54. The molecule has 68 valence electrons. The Kier molecular flexibility index (Phi) is 3.83. The van der Waals surface area contributed by atoms with Crippen molar-refractivity contribution in [2.45, 2.75) is 6.42 Å². The molecule has 0 aromatic heterocycles. The zero-order valence-electron chi connectivity index (χ0n) is 7.70. The predicted octanol–water partition coefficient (Wildman–Crippen LogP) is 3.28. The van der Waals surface area contributed by atoms with Crippen molar-refractivity contribution < 1.29 is 4.74 Å². The van der Waals surface area contributed by atoms with Crippen LogP contribution in [0.1, 0.15) is 12.0 Å². The largest absolute Gasteiger partial charge is 0.493 e. The third-order valence-corrected chi connectivity index (χ3v) is 1.71. The normalized spacial score (nSPS) is 9.23. The predicted molar refractivity (Wildman–Crippen MR) is 56.8 cm³/mol. The molecule has 0 heterocycles. The van der Waals surface area contributed by atoms with E-state index in [1.54, 1.807) is 0 Å². The van der Waals surface area contributed by atoms with Gasteiger partial charge >= 0.3 is 0 Å². The molecule has 0 fully saturated rings. The minimum Gasteiger partial charge on any atom is -0.493 e. The van der Waals surface area contributed by atoms with E-state index in [0.29, 0.717) is 6.61 Å². The summed E-state index contributed by atoms with van der Waals surface area (Å²) in [6.45, 7) is 8.00. The lowest BCUT2D eigenvalue weighted by Gasteiger charge is -2.03. The van der Waals surface area contributed by atoms with Gasteiger partial charge in [0.15, 0.2) is 0 Å². The molecule has 13 heavy (non-hydrogen) atoms. The van der Waals surface area contributed by atoms with E-state index in [1.165, 1.54) is 0 Å². The van der Waals surface area contributed by atoms with Crippen LogP contribution in [0.15, 0.2) is 43.5 Å². The Labute approximate surface area is 79.4 Å². The van der Waals surface area contributed by atoms with Gasteiger partial charge in [0.1, 0.15) is 5.75 Å². The van der Waals surface area contributed by atoms with Crippen LogP contribution in [0.25, 0.3) is 6.08 Å². The fourth-order valence-electron chi connectivity index (χ4n) is 0.960. The Morgan fingerprint density at radius 3 is 2.38 bits per heavy atom. The van der Waals surface area contributed by atoms with E-state index < -0.39 is 0 Å². The summed E-state index contributed by atoms with van der Waals surface area (Å²) in [4.78, 5) is 0. The monoisotopic (exact) mass is 174 g/mol. The molecule has 0 saturated carbocycles. The highest BCUT2D eigenvalue weighted by molar-refractivity contribution is 5.48. The van der Waals surface area contributed by atoms with Crippen LogP contribution in [0.3, 0.4) is 0 Å². The highest BCUT2D eigenvalue weighted by atomic mass is 16.5. The zero-order valence-corrected chi connectivity index (χ0v) is 7.70. The van der Waals surface area contributed by atoms with Gasteiger partial charge in [-0.1, -0.05) is 30.9 Å². The van der Waals surface area contributed by atoms with Gasteiger partial charge in [0.25, 0.3) is 0 Å². The first-order valence-electron chi connectivity index (χ1n) is 4.33. The number of hydrogen-bond acceptors (Lipinski definition) is 1. The molecular formula is C12H14O. The number of hydrogen-bond donors (Lipinski definition) is 0. The molecule has 0 spiro atoms. The number of ether oxygens (including phenoxy) is 1. The quantitative estimate of drug-likeness (QED) is 0.491. The minimum absolute atomic E-state index is 0.691. The third kappa shape index (κ3) is 3.16. The van der Waals surface area contributed by atoms with E-state index >= 15 is 0 Å². The van der Waals surface area contributed by atoms with E-state index in [1.807, 2.05) is 36.4 Å². The van der Waals surface area contributed by atoms with Crippen molar-refractivity contribution in [2.24, 2.45) is 0 Å². The first kappa shape index (κ1) is 9.59. The van der Waals surface area contributed by atoms with Crippen molar-refractivity contribution in [2.75, 3.05) is 6.61 Å². The molecule has 0 saturated heterocycles. The lowest BCUT2D eigenvalue weighted by molar-refractivity contribution is 0.325. The van der Waals surface area contributed by atoms with Crippen molar-refractivity contribution in [1.82, 2.24) is 0 Å². The van der Waals surface area contributed by atoms with Crippen molar-refractivity contribution in [1.29, 1.82) is 0 Å². The molecule has 0 atom stereocenters. The SMILES string of the molecule is C=CCCOc1ccc(C=C)cc1. The average molecular weight is 174 g/mol. The molecule has 1 aromatic rings. The molecule has 1 aromatic carbocycles. The van der Waals surface area contributed by atoms with Crippen LogP contribution in [-0.2, 0) is 0 Å². The molecular weight excluding hydrogens is 160 g/mol. The highest BCUT2D eigenvalue weighted by Crippen LogP contribution is 2.12. The first-order valence-corrected chi connectivity index (χ1v) is 4.33. The van der Waals surface area contributed by atoms with E-state index in [9.17, 15) is 0 Å². The van der Waals surface area contributed by atoms with E-state index in [4.69, 9.17) is 4.74 Å². The summed E-state index contributed by atoms with van der Waals surface area (Å²) in [6, 6.07) is 7.85. The molecule has 1 heteroatoms. The maximum Gasteiger partial charge on any atom is 0.119 e. The lowest BCUT2D eigenvalue weighted by atomic mass is 10.2. The van der Waals surface area contributed by atoms with Crippen molar-refractivity contribution in [3.05, 3.63) is 49.1 Å². The molecule has 0 amide bonds. The molecule has 1 rings (SSSR count). The Morgan fingerprint density at radius 2 is 1.85 bits per heavy atom. The van der Waals surface area contributed by atoms with Crippen LogP contribution in [0, 0.1) is 0 Å². The van der Waals surface area contributed by atoms with Crippen LogP contribution in [0.4, 0.5) is 0 Å². The first-order chi connectivity index (χ1) is 6.36. The lowest BCUT2D eigenvalue weighted by Crippen LogP contribution is -1.94.